The number of ether oxygens (including phenoxy) is 1. The van der Waals surface area contributed by atoms with Crippen LogP contribution in [0.15, 0.2) is 24.3 Å². The van der Waals surface area contributed by atoms with Crippen molar-refractivity contribution in [3.63, 3.8) is 0 Å². The highest BCUT2D eigenvalue weighted by molar-refractivity contribution is 5.73. The third-order valence-corrected chi connectivity index (χ3v) is 2.79. The monoisotopic (exact) mass is 249 g/mol. The number of unbranched alkanes of at least 4 members (excludes halogenated alkanes) is 1. The van der Waals surface area contributed by atoms with Gasteiger partial charge in [-0.15, -0.1) is 0 Å². The summed E-state index contributed by atoms with van der Waals surface area (Å²) in [5, 5.41) is 0. The zero-order valence-electron chi connectivity index (χ0n) is 11.5. The van der Waals surface area contributed by atoms with Gasteiger partial charge in [-0.2, -0.15) is 0 Å². The summed E-state index contributed by atoms with van der Waals surface area (Å²) in [7, 11) is 0. The molecule has 1 amide bonds. The van der Waals surface area contributed by atoms with E-state index in [-0.39, 0.29) is 11.3 Å². The average Bonchev–Trinajstić information content (AvgIpc) is 2.27. The lowest BCUT2D eigenvalue weighted by Gasteiger charge is -2.19. The number of primary amides is 1. The van der Waals surface area contributed by atoms with Crippen molar-refractivity contribution in [2.45, 2.75) is 45.4 Å². The van der Waals surface area contributed by atoms with E-state index in [0.717, 1.165) is 18.6 Å². The summed E-state index contributed by atoms with van der Waals surface area (Å²) in [5.41, 5.74) is 6.47. The Balaban J connectivity index is 2.41. The van der Waals surface area contributed by atoms with Crippen LogP contribution in [-0.2, 0) is 10.2 Å². The van der Waals surface area contributed by atoms with Crippen molar-refractivity contribution in [2.24, 2.45) is 5.73 Å². The van der Waals surface area contributed by atoms with E-state index in [1.807, 2.05) is 12.1 Å². The van der Waals surface area contributed by atoms with Crippen molar-refractivity contribution >= 4 is 5.91 Å². The van der Waals surface area contributed by atoms with Gasteiger partial charge in [0.15, 0.2) is 0 Å². The summed E-state index contributed by atoms with van der Waals surface area (Å²) >= 11 is 0. The van der Waals surface area contributed by atoms with Gasteiger partial charge < -0.3 is 10.5 Å². The van der Waals surface area contributed by atoms with E-state index in [9.17, 15) is 4.79 Å². The standard InChI is InChI=1S/C15H23NO2/c1-15(2,3)12-7-6-8-13(11-12)18-10-5-4-9-14(16)17/h6-8,11H,4-5,9-10H2,1-3H3,(H2,16,17). The molecule has 1 rings (SSSR count). The molecule has 0 fully saturated rings. The fraction of sp³-hybridized carbons (Fsp3) is 0.533. The second-order valence-corrected chi connectivity index (χ2v) is 5.55. The van der Waals surface area contributed by atoms with Gasteiger partial charge in [-0.1, -0.05) is 32.9 Å². The summed E-state index contributed by atoms with van der Waals surface area (Å²) < 4.78 is 5.67. The lowest BCUT2D eigenvalue weighted by molar-refractivity contribution is -0.118. The van der Waals surface area contributed by atoms with Crippen LogP contribution in [0.3, 0.4) is 0 Å². The Bertz CT molecular complexity index is 394. The van der Waals surface area contributed by atoms with Gasteiger partial charge in [-0.05, 0) is 36.0 Å². The molecule has 100 valence electrons. The van der Waals surface area contributed by atoms with Gasteiger partial charge in [0.25, 0.3) is 0 Å². The molecule has 0 radical (unpaired) electrons. The van der Waals surface area contributed by atoms with E-state index >= 15 is 0 Å². The molecule has 0 aliphatic rings. The third kappa shape index (κ3) is 5.21. The maximum atomic E-state index is 10.6. The molecule has 0 aliphatic carbocycles. The number of amides is 1. The van der Waals surface area contributed by atoms with E-state index in [0.29, 0.717) is 13.0 Å². The first kappa shape index (κ1) is 14.6. The summed E-state index contributed by atoms with van der Waals surface area (Å²) in [6, 6.07) is 8.16. The average molecular weight is 249 g/mol. The van der Waals surface area contributed by atoms with Gasteiger partial charge in [-0.3, -0.25) is 4.79 Å². The zero-order valence-corrected chi connectivity index (χ0v) is 11.5. The van der Waals surface area contributed by atoms with Crippen LogP contribution in [0.25, 0.3) is 0 Å². The molecule has 0 heterocycles. The van der Waals surface area contributed by atoms with Gasteiger partial charge >= 0.3 is 0 Å². The summed E-state index contributed by atoms with van der Waals surface area (Å²) in [6.45, 7) is 7.16. The fourth-order valence-electron chi connectivity index (χ4n) is 1.64. The smallest absolute Gasteiger partial charge is 0.217 e. The highest BCUT2D eigenvalue weighted by atomic mass is 16.5. The molecular weight excluding hydrogens is 226 g/mol. The van der Waals surface area contributed by atoms with Crippen LogP contribution in [0, 0.1) is 0 Å². The molecule has 0 saturated heterocycles. The van der Waals surface area contributed by atoms with Crippen molar-refractivity contribution in [2.75, 3.05) is 6.61 Å². The lowest BCUT2D eigenvalue weighted by Crippen LogP contribution is -2.11. The fourth-order valence-corrected chi connectivity index (χ4v) is 1.64. The van der Waals surface area contributed by atoms with Gasteiger partial charge in [0.2, 0.25) is 5.91 Å². The van der Waals surface area contributed by atoms with Crippen LogP contribution in [0.4, 0.5) is 0 Å². The number of carbonyl (C=O) groups excluding carboxylic acids is 1. The minimum absolute atomic E-state index is 0.130. The Morgan fingerprint density at radius 3 is 2.61 bits per heavy atom. The normalized spacial score (nSPS) is 11.3. The molecule has 0 saturated carbocycles. The quantitative estimate of drug-likeness (QED) is 0.788. The third-order valence-electron chi connectivity index (χ3n) is 2.79. The predicted molar refractivity (Wildman–Crippen MR) is 73.7 cm³/mol. The molecule has 0 spiro atoms. The molecule has 0 aliphatic heterocycles. The number of hydrogen-bond donors (Lipinski definition) is 1. The highest BCUT2D eigenvalue weighted by Gasteiger charge is 2.13. The molecule has 1 aromatic rings. The maximum Gasteiger partial charge on any atom is 0.217 e. The van der Waals surface area contributed by atoms with Crippen molar-refractivity contribution in [3.05, 3.63) is 29.8 Å². The van der Waals surface area contributed by atoms with Crippen molar-refractivity contribution in [1.82, 2.24) is 0 Å². The topological polar surface area (TPSA) is 52.3 Å². The number of benzene rings is 1. The first-order valence-electron chi connectivity index (χ1n) is 6.41. The molecule has 1 aromatic carbocycles. The zero-order chi connectivity index (χ0) is 13.6. The second-order valence-electron chi connectivity index (χ2n) is 5.55. The summed E-state index contributed by atoms with van der Waals surface area (Å²) in [4.78, 5) is 10.6. The van der Waals surface area contributed by atoms with Crippen LogP contribution < -0.4 is 10.5 Å². The van der Waals surface area contributed by atoms with Gasteiger partial charge in [-0.25, -0.2) is 0 Å². The molecule has 3 heteroatoms. The van der Waals surface area contributed by atoms with Crippen molar-refractivity contribution in [1.29, 1.82) is 0 Å². The lowest BCUT2D eigenvalue weighted by atomic mass is 9.87. The van der Waals surface area contributed by atoms with E-state index in [4.69, 9.17) is 10.5 Å². The first-order chi connectivity index (χ1) is 8.39. The molecule has 18 heavy (non-hydrogen) atoms. The van der Waals surface area contributed by atoms with Crippen LogP contribution in [0.1, 0.15) is 45.6 Å². The van der Waals surface area contributed by atoms with Crippen LogP contribution in [0.2, 0.25) is 0 Å². The largest absolute Gasteiger partial charge is 0.494 e. The second kappa shape index (κ2) is 6.43. The van der Waals surface area contributed by atoms with Crippen LogP contribution >= 0.6 is 0 Å². The molecular formula is C15H23NO2. The van der Waals surface area contributed by atoms with Crippen LogP contribution in [0.5, 0.6) is 5.75 Å². The summed E-state index contributed by atoms with van der Waals surface area (Å²) in [6.07, 6.45) is 2.07. The molecule has 0 unspecified atom stereocenters. The maximum absolute atomic E-state index is 10.6. The number of rotatable bonds is 6. The highest BCUT2D eigenvalue weighted by Crippen LogP contribution is 2.25. The van der Waals surface area contributed by atoms with Crippen molar-refractivity contribution < 1.29 is 9.53 Å². The number of hydrogen-bond acceptors (Lipinski definition) is 2. The Morgan fingerprint density at radius 1 is 1.28 bits per heavy atom. The Kier molecular flexibility index (Phi) is 5.20. The summed E-state index contributed by atoms with van der Waals surface area (Å²) in [5.74, 6) is 0.645. The Morgan fingerprint density at radius 2 is 2.00 bits per heavy atom. The van der Waals surface area contributed by atoms with E-state index in [2.05, 4.69) is 32.9 Å². The Labute approximate surface area is 109 Å². The van der Waals surface area contributed by atoms with Gasteiger partial charge in [0.05, 0.1) is 6.61 Å². The van der Waals surface area contributed by atoms with Gasteiger partial charge in [0, 0.05) is 6.42 Å². The van der Waals surface area contributed by atoms with E-state index in [1.54, 1.807) is 0 Å². The molecule has 2 N–H and O–H groups in total. The van der Waals surface area contributed by atoms with Crippen molar-refractivity contribution in [3.8, 4) is 5.75 Å². The number of nitrogens with two attached hydrogens (primary N) is 1. The molecule has 0 atom stereocenters. The minimum Gasteiger partial charge on any atom is -0.494 e. The van der Waals surface area contributed by atoms with E-state index in [1.165, 1.54) is 5.56 Å². The predicted octanol–water partition coefficient (Wildman–Crippen LogP) is 3.02. The Hall–Kier alpha value is -1.51. The first-order valence-corrected chi connectivity index (χ1v) is 6.41. The molecule has 3 nitrogen and oxygen atoms in total. The van der Waals surface area contributed by atoms with Gasteiger partial charge in [0.1, 0.15) is 5.75 Å². The SMILES string of the molecule is CC(C)(C)c1cccc(OCCCCC(N)=O)c1. The minimum atomic E-state index is -0.246. The van der Waals surface area contributed by atoms with Crippen LogP contribution in [-0.4, -0.2) is 12.5 Å². The molecule has 0 bridgehead atoms. The molecule has 0 aromatic heterocycles. The number of carbonyl (C=O) groups is 1. The van der Waals surface area contributed by atoms with E-state index < -0.39 is 0 Å².